The first-order valence-corrected chi connectivity index (χ1v) is 7.45. The van der Waals surface area contributed by atoms with E-state index >= 15 is 0 Å². The van der Waals surface area contributed by atoms with Gasteiger partial charge in [0.1, 0.15) is 0 Å². The number of H-pyrrole nitrogens is 1. The Kier molecular flexibility index (Phi) is 3.18. The van der Waals surface area contributed by atoms with Crippen molar-refractivity contribution in [3.05, 3.63) is 42.6 Å². The molecule has 0 radical (unpaired) electrons. The Hall–Kier alpha value is -2.68. The summed E-state index contributed by atoms with van der Waals surface area (Å²) in [5, 5.41) is 3.67. The third-order valence-electron chi connectivity index (χ3n) is 2.69. The zero-order valence-corrected chi connectivity index (χ0v) is 11.8. The number of aromatic amines is 1. The van der Waals surface area contributed by atoms with E-state index in [-0.39, 0.29) is 10.9 Å². The number of para-hydroxylation sites is 1. The predicted molar refractivity (Wildman–Crippen MR) is 73.9 cm³/mol. The van der Waals surface area contributed by atoms with E-state index in [1.165, 1.54) is 12.5 Å². The summed E-state index contributed by atoms with van der Waals surface area (Å²) in [5.74, 6) is 0.714. The van der Waals surface area contributed by atoms with E-state index in [4.69, 9.17) is 4.52 Å². The Morgan fingerprint density at radius 1 is 1.29 bits per heavy atom. The Morgan fingerprint density at radius 2 is 2.10 bits per heavy atom. The molecule has 9 heteroatoms. The van der Waals surface area contributed by atoms with Crippen molar-refractivity contribution >= 4 is 15.7 Å². The molecule has 2 heterocycles. The van der Waals surface area contributed by atoms with E-state index in [2.05, 4.69) is 24.8 Å². The zero-order valence-electron chi connectivity index (χ0n) is 10.9. The van der Waals surface area contributed by atoms with Crippen LogP contribution in [-0.2, 0) is 10.0 Å². The van der Waals surface area contributed by atoms with Crippen molar-refractivity contribution in [1.29, 1.82) is 0 Å². The molecule has 108 valence electrons. The Bertz CT molecular complexity index is 855. The lowest BCUT2D eigenvalue weighted by Crippen LogP contribution is -2.14. The van der Waals surface area contributed by atoms with E-state index in [9.17, 15) is 8.42 Å². The van der Waals surface area contributed by atoms with E-state index in [1.807, 2.05) is 0 Å². The maximum absolute atomic E-state index is 12.2. The zero-order chi connectivity index (χ0) is 14.9. The highest BCUT2D eigenvalue weighted by molar-refractivity contribution is 7.92. The maximum Gasteiger partial charge on any atom is 0.278 e. The van der Waals surface area contributed by atoms with Crippen LogP contribution in [0.5, 0.6) is 0 Å². The molecule has 1 aromatic carbocycles. The fraction of sp³-hybridized carbons (Fsp3) is 0.0833. The number of aryl methyl sites for hydroxylation is 1. The van der Waals surface area contributed by atoms with Crippen LogP contribution < -0.4 is 4.72 Å². The van der Waals surface area contributed by atoms with Gasteiger partial charge in [-0.25, -0.2) is 4.98 Å². The second kappa shape index (κ2) is 5.02. The molecule has 0 aliphatic carbocycles. The average molecular weight is 305 g/mol. The maximum atomic E-state index is 12.2. The number of nitrogens with one attached hydrogen (secondary N) is 2. The molecule has 0 fully saturated rings. The van der Waals surface area contributed by atoms with Crippen molar-refractivity contribution < 1.29 is 12.9 Å². The van der Waals surface area contributed by atoms with Gasteiger partial charge in [0.05, 0.1) is 23.8 Å². The van der Waals surface area contributed by atoms with Gasteiger partial charge in [-0.1, -0.05) is 17.3 Å². The van der Waals surface area contributed by atoms with Gasteiger partial charge >= 0.3 is 0 Å². The molecule has 0 spiro atoms. The number of benzene rings is 1. The van der Waals surface area contributed by atoms with Gasteiger partial charge in [-0.2, -0.15) is 13.4 Å². The summed E-state index contributed by atoms with van der Waals surface area (Å²) in [6, 6.07) is 6.76. The molecule has 0 unspecified atom stereocenters. The summed E-state index contributed by atoms with van der Waals surface area (Å²) < 4.78 is 32.0. The predicted octanol–water partition coefficient (Wildman–Crippen LogP) is 1.57. The van der Waals surface area contributed by atoms with Gasteiger partial charge in [0.15, 0.2) is 10.9 Å². The fourth-order valence-corrected chi connectivity index (χ4v) is 2.74. The number of anilines is 1. The minimum Gasteiger partial charge on any atom is -0.334 e. The van der Waals surface area contributed by atoms with Gasteiger partial charge in [-0.05, 0) is 19.1 Å². The third kappa shape index (κ3) is 2.63. The molecular formula is C12H11N5O3S. The number of nitrogens with zero attached hydrogens (tertiary/aromatic N) is 3. The number of hydrogen-bond acceptors (Lipinski definition) is 6. The van der Waals surface area contributed by atoms with Gasteiger partial charge in [0.25, 0.3) is 15.9 Å². The lowest BCUT2D eigenvalue weighted by Gasteiger charge is -2.08. The van der Waals surface area contributed by atoms with E-state index < -0.39 is 10.0 Å². The Balaban J connectivity index is 2.01. The molecule has 3 aromatic rings. The van der Waals surface area contributed by atoms with Gasteiger partial charge in [0.2, 0.25) is 0 Å². The molecule has 0 aliphatic heterocycles. The lowest BCUT2D eigenvalue weighted by molar-refractivity contribution is 0.426. The SMILES string of the molecule is Cc1noc(-c2ccccc2NS(=O)(=O)c2cnc[nH]2)n1. The van der Waals surface area contributed by atoms with Crippen molar-refractivity contribution in [2.75, 3.05) is 4.72 Å². The van der Waals surface area contributed by atoms with Crippen LogP contribution in [0, 0.1) is 6.92 Å². The standard InChI is InChI=1S/C12H11N5O3S/c1-8-15-12(20-16-8)9-4-2-3-5-10(9)17-21(18,19)11-6-13-7-14-11/h2-7,17H,1H3,(H,13,14). The monoisotopic (exact) mass is 305 g/mol. The molecule has 0 atom stereocenters. The molecular weight excluding hydrogens is 294 g/mol. The van der Waals surface area contributed by atoms with Crippen LogP contribution >= 0.6 is 0 Å². The Morgan fingerprint density at radius 3 is 2.76 bits per heavy atom. The molecule has 8 nitrogen and oxygen atoms in total. The molecule has 0 aliphatic rings. The molecule has 3 rings (SSSR count). The Labute approximate surface area is 120 Å². The second-order valence-electron chi connectivity index (χ2n) is 4.21. The molecule has 0 bridgehead atoms. The van der Waals surface area contributed by atoms with Crippen LogP contribution in [0.2, 0.25) is 0 Å². The molecule has 0 amide bonds. The first kappa shape index (κ1) is 13.3. The highest BCUT2D eigenvalue weighted by atomic mass is 32.2. The second-order valence-corrected chi connectivity index (χ2v) is 5.86. The minimum absolute atomic E-state index is 0.0287. The van der Waals surface area contributed by atoms with Crippen LogP contribution in [0.3, 0.4) is 0 Å². The smallest absolute Gasteiger partial charge is 0.278 e. The summed E-state index contributed by atoms with van der Waals surface area (Å²) in [6.07, 6.45) is 2.52. The number of hydrogen-bond donors (Lipinski definition) is 2. The largest absolute Gasteiger partial charge is 0.334 e. The van der Waals surface area contributed by atoms with Crippen molar-refractivity contribution in [3.63, 3.8) is 0 Å². The number of rotatable bonds is 4. The van der Waals surface area contributed by atoms with Crippen LogP contribution in [0.25, 0.3) is 11.5 Å². The van der Waals surface area contributed by atoms with Gasteiger partial charge in [0, 0.05) is 0 Å². The minimum atomic E-state index is -3.75. The van der Waals surface area contributed by atoms with Crippen LogP contribution in [-0.4, -0.2) is 28.5 Å². The summed E-state index contributed by atoms with van der Waals surface area (Å²) in [6.45, 7) is 1.68. The molecule has 2 N–H and O–H groups in total. The van der Waals surface area contributed by atoms with Crippen molar-refractivity contribution in [3.8, 4) is 11.5 Å². The van der Waals surface area contributed by atoms with Gasteiger partial charge in [-0.15, -0.1) is 0 Å². The summed E-state index contributed by atoms with van der Waals surface area (Å²) >= 11 is 0. The van der Waals surface area contributed by atoms with Crippen LogP contribution in [0.4, 0.5) is 5.69 Å². The first-order valence-electron chi connectivity index (χ1n) is 5.97. The number of sulfonamides is 1. The lowest BCUT2D eigenvalue weighted by atomic mass is 10.2. The highest BCUT2D eigenvalue weighted by Gasteiger charge is 2.19. The third-order valence-corrected chi connectivity index (χ3v) is 3.98. The molecule has 0 saturated heterocycles. The van der Waals surface area contributed by atoms with Crippen LogP contribution in [0.15, 0.2) is 46.3 Å². The summed E-state index contributed by atoms with van der Waals surface area (Å²) in [4.78, 5) is 10.3. The van der Waals surface area contributed by atoms with Crippen LogP contribution in [0.1, 0.15) is 5.82 Å². The fourth-order valence-electron chi connectivity index (χ4n) is 1.75. The van der Waals surface area contributed by atoms with Crippen molar-refractivity contribution in [2.45, 2.75) is 11.9 Å². The summed E-state index contributed by atoms with van der Waals surface area (Å²) in [7, 11) is -3.75. The average Bonchev–Trinajstić information content (AvgIpc) is 3.10. The van der Waals surface area contributed by atoms with E-state index in [0.717, 1.165) is 0 Å². The molecule has 21 heavy (non-hydrogen) atoms. The van der Waals surface area contributed by atoms with Crippen molar-refractivity contribution in [1.82, 2.24) is 20.1 Å². The number of imidazole rings is 1. The topological polar surface area (TPSA) is 114 Å². The van der Waals surface area contributed by atoms with Gasteiger partial charge in [-0.3, -0.25) is 4.72 Å². The quantitative estimate of drug-likeness (QED) is 0.756. The van der Waals surface area contributed by atoms with Gasteiger partial charge < -0.3 is 9.51 Å². The molecule has 0 saturated carbocycles. The summed E-state index contributed by atoms with van der Waals surface area (Å²) in [5.41, 5.74) is 0.844. The van der Waals surface area contributed by atoms with E-state index in [0.29, 0.717) is 17.1 Å². The van der Waals surface area contributed by atoms with E-state index in [1.54, 1.807) is 31.2 Å². The number of aromatic nitrogens is 4. The normalized spacial score (nSPS) is 11.5. The highest BCUT2D eigenvalue weighted by Crippen LogP contribution is 2.27. The molecule has 2 aromatic heterocycles. The first-order chi connectivity index (χ1) is 10.1. The van der Waals surface area contributed by atoms with Crippen molar-refractivity contribution in [2.24, 2.45) is 0 Å².